The first-order chi connectivity index (χ1) is 12.7. The number of allylic oxidation sites excluding steroid dienone is 1. The number of hydrogen-bond acceptors (Lipinski definition) is 3. The molecule has 5 nitrogen and oxygen atoms in total. The number of fused-ring (bicyclic) bond motifs is 1. The fourth-order valence-corrected chi connectivity index (χ4v) is 2.95. The van der Waals surface area contributed by atoms with Gasteiger partial charge >= 0.3 is 0 Å². The maximum Gasteiger partial charge on any atom is 0.246 e. The molecule has 2 aromatic carbocycles. The Bertz CT molecular complexity index is 900. The van der Waals surface area contributed by atoms with Crippen molar-refractivity contribution in [2.75, 3.05) is 13.7 Å². The summed E-state index contributed by atoms with van der Waals surface area (Å²) in [6.45, 7) is 2.65. The highest BCUT2D eigenvalue weighted by Crippen LogP contribution is 2.21. The molecule has 5 heteroatoms. The Morgan fingerprint density at radius 1 is 1.19 bits per heavy atom. The summed E-state index contributed by atoms with van der Waals surface area (Å²) in [5.41, 5.74) is 3.12. The van der Waals surface area contributed by atoms with Gasteiger partial charge in [0.15, 0.2) is 0 Å². The van der Waals surface area contributed by atoms with Gasteiger partial charge < -0.3 is 14.6 Å². The lowest BCUT2D eigenvalue weighted by atomic mass is 10.2. The van der Waals surface area contributed by atoms with E-state index in [0.29, 0.717) is 6.54 Å². The van der Waals surface area contributed by atoms with E-state index in [-0.39, 0.29) is 18.6 Å². The van der Waals surface area contributed by atoms with Gasteiger partial charge in [-0.3, -0.25) is 4.79 Å². The number of ether oxygens (including phenoxy) is 1. The number of benzene rings is 2. The number of rotatable bonds is 7. The average Bonchev–Trinajstić information content (AvgIpc) is 3.02. The van der Waals surface area contributed by atoms with Crippen LogP contribution in [0.4, 0.5) is 0 Å². The molecule has 134 valence electrons. The van der Waals surface area contributed by atoms with Gasteiger partial charge in [0.1, 0.15) is 12.4 Å². The third-order valence-electron chi connectivity index (χ3n) is 4.12. The molecule has 1 N–H and O–H groups in total. The van der Waals surface area contributed by atoms with Crippen LogP contribution in [0.25, 0.3) is 17.1 Å². The van der Waals surface area contributed by atoms with Crippen molar-refractivity contribution in [1.82, 2.24) is 14.9 Å². The van der Waals surface area contributed by atoms with Crippen LogP contribution < -0.4 is 5.32 Å². The van der Waals surface area contributed by atoms with Crippen LogP contribution in [0.3, 0.4) is 0 Å². The molecule has 1 unspecified atom stereocenters. The fraction of sp³-hybridized carbons (Fsp3) is 0.238. The molecule has 0 aliphatic rings. The Morgan fingerprint density at radius 3 is 2.69 bits per heavy atom. The SMILES string of the molecule is COCC(=O)NC(C)c1nc2ccccc2n1C/C=C/c1ccccc1. The molecule has 0 aliphatic carbocycles. The normalized spacial score (nSPS) is 12.5. The number of nitrogens with one attached hydrogen (secondary N) is 1. The number of amides is 1. The summed E-state index contributed by atoms with van der Waals surface area (Å²) in [6, 6.07) is 18.0. The minimum atomic E-state index is -0.213. The standard InChI is InChI=1S/C21H23N3O2/c1-16(22-20(25)15-26-2)21-23-18-12-6-7-13-19(18)24(21)14-8-11-17-9-4-3-5-10-17/h3-13,16H,14-15H2,1-2H3,(H,22,25)/b11-8+. The van der Waals surface area contributed by atoms with Gasteiger partial charge in [0.2, 0.25) is 5.91 Å². The Hall–Kier alpha value is -2.92. The molecule has 0 aliphatic heterocycles. The van der Waals surface area contributed by atoms with Gasteiger partial charge in [-0.25, -0.2) is 4.98 Å². The molecule has 1 amide bonds. The molecule has 0 saturated carbocycles. The van der Waals surface area contributed by atoms with Gasteiger partial charge in [0, 0.05) is 13.7 Å². The average molecular weight is 349 g/mol. The zero-order valence-electron chi connectivity index (χ0n) is 15.1. The summed E-state index contributed by atoms with van der Waals surface area (Å²) in [4.78, 5) is 16.6. The minimum absolute atomic E-state index is 0.0402. The lowest BCUT2D eigenvalue weighted by molar-refractivity contribution is -0.125. The van der Waals surface area contributed by atoms with Crippen LogP contribution in [0.2, 0.25) is 0 Å². The molecule has 0 fully saturated rings. The van der Waals surface area contributed by atoms with Crippen molar-refractivity contribution in [2.24, 2.45) is 0 Å². The molecule has 0 bridgehead atoms. The number of imidazole rings is 1. The maximum atomic E-state index is 11.9. The van der Waals surface area contributed by atoms with Crippen molar-refractivity contribution in [3.63, 3.8) is 0 Å². The third-order valence-corrected chi connectivity index (χ3v) is 4.12. The lowest BCUT2D eigenvalue weighted by Crippen LogP contribution is -2.31. The van der Waals surface area contributed by atoms with Crippen LogP contribution in [0, 0.1) is 0 Å². The first-order valence-corrected chi connectivity index (χ1v) is 8.64. The molecular formula is C21H23N3O2. The second-order valence-corrected chi connectivity index (χ2v) is 6.10. The third kappa shape index (κ3) is 4.18. The maximum absolute atomic E-state index is 11.9. The Balaban J connectivity index is 1.87. The smallest absolute Gasteiger partial charge is 0.246 e. The topological polar surface area (TPSA) is 56.1 Å². The van der Waals surface area contributed by atoms with E-state index in [1.54, 1.807) is 0 Å². The lowest BCUT2D eigenvalue weighted by Gasteiger charge is -2.15. The first kappa shape index (κ1) is 17.9. The summed E-state index contributed by atoms with van der Waals surface area (Å²) in [7, 11) is 1.51. The zero-order chi connectivity index (χ0) is 18.4. The van der Waals surface area contributed by atoms with E-state index >= 15 is 0 Å². The molecule has 26 heavy (non-hydrogen) atoms. The van der Waals surface area contributed by atoms with Gasteiger partial charge in [-0.2, -0.15) is 0 Å². The Kier molecular flexibility index (Phi) is 5.81. The highest BCUT2D eigenvalue weighted by atomic mass is 16.5. The van der Waals surface area contributed by atoms with E-state index in [9.17, 15) is 4.79 Å². The van der Waals surface area contributed by atoms with Gasteiger partial charge in [-0.05, 0) is 24.6 Å². The molecule has 1 heterocycles. The van der Waals surface area contributed by atoms with Crippen LogP contribution in [0.1, 0.15) is 24.4 Å². The monoisotopic (exact) mass is 349 g/mol. The van der Waals surface area contributed by atoms with E-state index in [0.717, 1.165) is 22.4 Å². The summed E-state index contributed by atoms with van der Waals surface area (Å²) >= 11 is 0. The van der Waals surface area contributed by atoms with Crippen LogP contribution in [-0.2, 0) is 16.1 Å². The van der Waals surface area contributed by atoms with Crippen LogP contribution in [0.15, 0.2) is 60.7 Å². The highest BCUT2D eigenvalue weighted by molar-refractivity contribution is 5.78. The molecular weight excluding hydrogens is 326 g/mol. The van der Waals surface area contributed by atoms with E-state index in [4.69, 9.17) is 9.72 Å². The molecule has 0 spiro atoms. The number of methoxy groups -OCH3 is 1. The number of para-hydroxylation sites is 2. The minimum Gasteiger partial charge on any atom is -0.375 e. The summed E-state index contributed by atoms with van der Waals surface area (Å²) in [5.74, 6) is 0.673. The van der Waals surface area contributed by atoms with Crippen molar-refractivity contribution < 1.29 is 9.53 Å². The van der Waals surface area contributed by atoms with E-state index < -0.39 is 0 Å². The quantitative estimate of drug-likeness (QED) is 0.709. The summed E-state index contributed by atoms with van der Waals surface area (Å²) in [5, 5.41) is 2.94. The van der Waals surface area contributed by atoms with Gasteiger partial charge in [-0.15, -0.1) is 0 Å². The Morgan fingerprint density at radius 2 is 1.92 bits per heavy atom. The van der Waals surface area contributed by atoms with Crippen LogP contribution >= 0.6 is 0 Å². The fourth-order valence-electron chi connectivity index (χ4n) is 2.95. The van der Waals surface area contributed by atoms with Gasteiger partial charge in [-0.1, -0.05) is 54.6 Å². The largest absolute Gasteiger partial charge is 0.375 e. The second-order valence-electron chi connectivity index (χ2n) is 6.10. The summed E-state index contributed by atoms with van der Waals surface area (Å²) < 4.78 is 7.02. The highest BCUT2D eigenvalue weighted by Gasteiger charge is 2.17. The van der Waals surface area contributed by atoms with Crippen LogP contribution in [0.5, 0.6) is 0 Å². The predicted octanol–water partition coefficient (Wildman–Crippen LogP) is 3.57. The van der Waals surface area contributed by atoms with Gasteiger partial charge in [0.25, 0.3) is 0 Å². The molecule has 1 aromatic heterocycles. The number of hydrogen-bond donors (Lipinski definition) is 1. The molecule has 0 saturated heterocycles. The number of carbonyl (C=O) groups excluding carboxylic acids is 1. The van der Waals surface area contributed by atoms with Crippen molar-refractivity contribution in [1.29, 1.82) is 0 Å². The number of carbonyl (C=O) groups is 1. The van der Waals surface area contributed by atoms with Crippen LogP contribution in [-0.4, -0.2) is 29.2 Å². The van der Waals surface area contributed by atoms with E-state index in [1.807, 2.05) is 49.4 Å². The summed E-state index contributed by atoms with van der Waals surface area (Å²) in [6.07, 6.45) is 4.20. The van der Waals surface area contributed by atoms with E-state index in [1.165, 1.54) is 7.11 Å². The Labute approximate surface area is 153 Å². The number of nitrogens with zero attached hydrogens (tertiary/aromatic N) is 2. The van der Waals surface area contributed by atoms with Crippen molar-refractivity contribution in [3.05, 3.63) is 72.1 Å². The zero-order valence-corrected chi connectivity index (χ0v) is 15.1. The van der Waals surface area contributed by atoms with Crippen molar-refractivity contribution in [2.45, 2.75) is 19.5 Å². The second kappa shape index (κ2) is 8.45. The van der Waals surface area contributed by atoms with Crippen molar-refractivity contribution >= 4 is 23.0 Å². The molecule has 3 aromatic rings. The van der Waals surface area contributed by atoms with Crippen molar-refractivity contribution in [3.8, 4) is 0 Å². The molecule has 1 atom stereocenters. The predicted molar refractivity (Wildman–Crippen MR) is 104 cm³/mol. The van der Waals surface area contributed by atoms with Gasteiger partial charge in [0.05, 0.1) is 17.1 Å². The number of aromatic nitrogens is 2. The molecule has 3 rings (SSSR count). The molecule has 0 radical (unpaired) electrons. The first-order valence-electron chi connectivity index (χ1n) is 8.64. The van der Waals surface area contributed by atoms with E-state index in [2.05, 4.69) is 34.2 Å².